The minimum absolute atomic E-state index is 0.150. The van der Waals surface area contributed by atoms with Crippen molar-refractivity contribution in [1.82, 2.24) is 5.32 Å². The number of rotatable bonds is 5. The maximum Gasteiger partial charge on any atom is 0.329 e. The van der Waals surface area contributed by atoms with E-state index in [0.29, 0.717) is 0 Å². The molecule has 1 rings (SSSR count). The number of esters is 1. The number of methoxy groups -OCH3 is 1. The zero-order valence-corrected chi connectivity index (χ0v) is 17.1. The molecule has 0 fully saturated rings. The van der Waals surface area contributed by atoms with E-state index in [0.717, 1.165) is 5.56 Å². The van der Waals surface area contributed by atoms with E-state index in [1.165, 1.54) is 7.11 Å². The highest BCUT2D eigenvalue weighted by Gasteiger charge is 2.33. The monoisotopic (exact) mass is 359 g/mol. The van der Waals surface area contributed by atoms with Gasteiger partial charge >= 0.3 is 5.97 Å². The van der Waals surface area contributed by atoms with Gasteiger partial charge in [-0.05, 0) is 10.6 Å². The Bertz CT molecular complexity index is 651. The molecule has 0 spiro atoms. The summed E-state index contributed by atoms with van der Waals surface area (Å²) in [5.74, 6) is 2.43. The molecule has 0 bridgehead atoms. The Morgan fingerprint density at radius 1 is 1.20 bits per heavy atom. The van der Waals surface area contributed by atoms with Gasteiger partial charge in [-0.2, -0.15) is 0 Å². The smallest absolute Gasteiger partial charge is 0.329 e. The van der Waals surface area contributed by atoms with Gasteiger partial charge in [0.05, 0.1) is 13.5 Å². The van der Waals surface area contributed by atoms with Gasteiger partial charge in [0.15, 0.2) is 0 Å². The molecule has 4 nitrogen and oxygen atoms in total. The van der Waals surface area contributed by atoms with Gasteiger partial charge in [0.2, 0.25) is 5.91 Å². The van der Waals surface area contributed by atoms with E-state index >= 15 is 0 Å². The molecule has 0 saturated carbocycles. The van der Waals surface area contributed by atoms with Crippen LogP contribution in [0.15, 0.2) is 30.3 Å². The van der Waals surface area contributed by atoms with Crippen molar-refractivity contribution in [1.29, 1.82) is 0 Å². The topological polar surface area (TPSA) is 55.4 Å². The predicted octanol–water partition coefficient (Wildman–Crippen LogP) is 3.33. The quantitative estimate of drug-likeness (QED) is 0.498. The Morgan fingerprint density at radius 2 is 1.80 bits per heavy atom. The molecule has 0 saturated heterocycles. The normalized spacial score (nSPS) is 12.6. The number of carbonyl (C=O) groups is 2. The minimum Gasteiger partial charge on any atom is -0.467 e. The van der Waals surface area contributed by atoms with Crippen molar-refractivity contribution in [2.24, 2.45) is 0 Å². The van der Waals surface area contributed by atoms with E-state index in [-0.39, 0.29) is 23.8 Å². The molecular weight excluding hydrogens is 330 g/mol. The summed E-state index contributed by atoms with van der Waals surface area (Å²) in [6.07, 6.45) is 0.490. The van der Waals surface area contributed by atoms with Crippen molar-refractivity contribution in [3.63, 3.8) is 0 Å². The molecule has 1 N–H and O–H groups in total. The molecule has 0 aliphatic rings. The van der Waals surface area contributed by atoms with E-state index in [1.807, 2.05) is 30.3 Å². The first-order valence-corrected chi connectivity index (χ1v) is 11.5. The van der Waals surface area contributed by atoms with Gasteiger partial charge in [0.1, 0.15) is 14.1 Å². The summed E-state index contributed by atoms with van der Waals surface area (Å²) in [5, 5.41) is 2.89. The van der Waals surface area contributed by atoms with Crippen LogP contribution in [0.2, 0.25) is 18.1 Å². The summed E-state index contributed by atoms with van der Waals surface area (Å²) in [5.41, 5.74) is 4.26. The maximum absolute atomic E-state index is 12.2. The van der Waals surface area contributed by atoms with Gasteiger partial charge in [0.25, 0.3) is 0 Å². The third-order valence-electron chi connectivity index (χ3n) is 4.61. The first-order chi connectivity index (χ1) is 11.6. The molecule has 1 aromatic carbocycles. The van der Waals surface area contributed by atoms with Crippen LogP contribution in [-0.4, -0.2) is 33.1 Å². The van der Waals surface area contributed by atoms with Crippen molar-refractivity contribution in [2.45, 2.75) is 57.8 Å². The molecule has 0 aromatic heterocycles. The number of amides is 1. The van der Waals surface area contributed by atoms with Gasteiger partial charge in [0, 0.05) is 6.42 Å². The third kappa shape index (κ3) is 6.75. The Balaban J connectivity index is 2.76. The summed E-state index contributed by atoms with van der Waals surface area (Å²) in [6, 6.07) is 8.68. The molecule has 25 heavy (non-hydrogen) atoms. The highest BCUT2D eigenvalue weighted by atomic mass is 28.3. The zero-order valence-electron chi connectivity index (χ0n) is 16.1. The maximum atomic E-state index is 12.2. The lowest BCUT2D eigenvalue weighted by molar-refractivity contribution is -0.144. The van der Waals surface area contributed by atoms with Crippen molar-refractivity contribution in [3.8, 4) is 11.5 Å². The Hall–Kier alpha value is -2.06. The number of benzene rings is 1. The van der Waals surface area contributed by atoms with Crippen LogP contribution in [-0.2, 0) is 20.7 Å². The lowest BCUT2D eigenvalue weighted by Crippen LogP contribution is -2.42. The van der Waals surface area contributed by atoms with Crippen LogP contribution in [0.3, 0.4) is 0 Å². The molecule has 5 heteroatoms. The largest absolute Gasteiger partial charge is 0.467 e. The first kappa shape index (κ1) is 21.0. The summed E-state index contributed by atoms with van der Waals surface area (Å²) in [4.78, 5) is 24.2. The Morgan fingerprint density at radius 3 is 2.32 bits per heavy atom. The standard InChI is InChI=1S/C20H29NO3Si/c1-20(2,3)25(5,6)14-10-13-17(19(23)24-4)21-18(22)15-16-11-8-7-9-12-16/h7-9,11-12,17H,13,15H2,1-6H3,(H,21,22)/t17-/m1/s1. The molecule has 0 heterocycles. The zero-order chi connectivity index (χ0) is 19.1. The van der Waals surface area contributed by atoms with E-state index in [9.17, 15) is 9.59 Å². The van der Waals surface area contributed by atoms with Gasteiger partial charge < -0.3 is 10.1 Å². The van der Waals surface area contributed by atoms with Crippen molar-refractivity contribution >= 4 is 20.0 Å². The molecule has 1 amide bonds. The molecule has 1 aromatic rings. The number of ether oxygens (including phenoxy) is 1. The molecule has 1 atom stereocenters. The number of hydrogen-bond acceptors (Lipinski definition) is 3. The molecule has 0 unspecified atom stereocenters. The molecule has 0 radical (unpaired) electrons. The van der Waals surface area contributed by atoms with Crippen LogP contribution in [0.25, 0.3) is 0 Å². The average molecular weight is 360 g/mol. The molecule has 0 aliphatic carbocycles. The van der Waals surface area contributed by atoms with Crippen LogP contribution < -0.4 is 5.32 Å². The van der Waals surface area contributed by atoms with Crippen LogP contribution in [0.5, 0.6) is 0 Å². The fourth-order valence-corrected chi connectivity index (χ4v) is 2.84. The third-order valence-corrected chi connectivity index (χ3v) is 9.16. The average Bonchev–Trinajstić information content (AvgIpc) is 2.52. The number of carbonyl (C=O) groups excluding carboxylic acids is 2. The summed E-state index contributed by atoms with van der Waals surface area (Å²) < 4.78 is 4.80. The summed E-state index contributed by atoms with van der Waals surface area (Å²) in [6.45, 7) is 11.0. The van der Waals surface area contributed by atoms with E-state index in [4.69, 9.17) is 4.74 Å². The fourth-order valence-electron chi connectivity index (χ4n) is 1.92. The fraction of sp³-hybridized carbons (Fsp3) is 0.500. The SMILES string of the molecule is COC(=O)[C@@H](CC#C[Si](C)(C)C(C)(C)C)NC(=O)Cc1ccccc1. The van der Waals surface area contributed by atoms with Crippen LogP contribution in [0.4, 0.5) is 0 Å². The van der Waals surface area contributed by atoms with Crippen LogP contribution >= 0.6 is 0 Å². The van der Waals surface area contributed by atoms with Gasteiger partial charge in [-0.1, -0.05) is 64.2 Å². The van der Waals surface area contributed by atoms with Gasteiger partial charge in [-0.15, -0.1) is 11.5 Å². The lowest BCUT2D eigenvalue weighted by atomic mass is 10.1. The molecular formula is C20H29NO3Si. The highest BCUT2D eigenvalue weighted by molar-refractivity contribution is 6.87. The van der Waals surface area contributed by atoms with E-state index in [2.05, 4.69) is 50.6 Å². The second-order valence-electron chi connectivity index (χ2n) is 7.69. The summed E-state index contributed by atoms with van der Waals surface area (Å²) in [7, 11) is -0.424. The second-order valence-corrected chi connectivity index (χ2v) is 12.7. The van der Waals surface area contributed by atoms with Gasteiger partial charge in [-0.25, -0.2) is 4.79 Å². The number of nitrogens with one attached hydrogen (secondary N) is 1. The molecule has 0 aliphatic heterocycles. The van der Waals surface area contributed by atoms with E-state index in [1.54, 1.807) is 0 Å². The summed E-state index contributed by atoms with van der Waals surface area (Å²) >= 11 is 0. The van der Waals surface area contributed by atoms with Crippen LogP contribution in [0.1, 0.15) is 32.8 Å². The van der Waals surface area contributed by atoms with Crippen LogP contribution in [0, 0.1) is 11.5 Å². The predicted molar refractivity (Wildman–Crippen MR) is 104 cm³/mol. The van der Waals surface area contributed by atoms with Crippen molar-refractivity contribution < 1.29 is 14.3 Å². The second kappa shape index (κ2) is 8.86. The Labute approximate surface area is 152 Å². The van der Waals surface area contributed by atoms with Crippen molar-refractivity contribution in [2.75, 3.05) is 7.11 Å². The Kier molecular flexibility index (Phi) is 7.44. The highest BCUT2D eigenvalue weighted by Crippen LogP contribution is 2.35. The van der Waals surface area contributed by atoms with Gasteiger partial charge in [-0.3, -0.25) is 4.79 Å². The minimum atomic E-state index is -1.74. The number of hydrogen-bond donors (Lipinski definition) is 1. The van der Waals surface area contributed by atoms with Crippen molar-refractivity contribution in [3.05, 3.63) is 35.9 Å². The lowest BCUT2D eigenvalue weighted by Gasteiger charge is -2.31. The first-order valence-electron chi connectivity index (χ1n) is 8.48. The van der Waals surface area contributed by atoms with E-state index < -0.39 is 20.1 Å². The molecule has 136 valence electrons.